The van der Waals surface area contributed by atoms with Crippen LogP contribution in [0.2, 0.25) is 0 Å². The van der Waals surface area contributed by atoms with Gasteiger partial charge in [-0.15, -0.1) is 12.4 Å². The summed E-state index contributed by atoms with van der Waals surface area (Å²) < 4.78 is 56.1. The SMILES string of the molecule is CCOC(C(=O)NCc1ccc(C(=N)N)cc1)c1c(F)ccc(OCCOCCOCCOC)c1F.Cl. The minimum Gasteiger partial charge on any atom is -0.488 e. The summed E-state index contributed by atoms with van der Waals surface area (Å²) in [7, 11) is 1.58. The zero-order valence-corrected chi connectivity index (χ0v) is 21.7. The van der Waals surface area contributed by atoms with Gasteiger partial charge in [0.15, 0.2) is 17.7 Å². The van der Waals surface area contributed by atoms with E-state index in [1.54, 1.807) is 38.3 Å². The van der Waals surface area contributed by atoms with E-state index in [4.69, 9.17) is 34.8 Å². The standard InChI is InChI=1S/C25H33F2N3O6.ClH/c1-3-35-23(25(31)30-16-17-4-6-18(7-5-17)24(28)29)21-19(26)8-9-20(22(21)27)36-15-14-34-13-12-33-11-10-32-2;/h4-9,23H,3,10-16H2,1-2H3,(H3,28,29)(H,30,31);1H. The first-order valence-electron chi connectivity index (χ1n) is 11.5. The van der Waals surface area contributed by atoms with Crippen molar-refractivity contribution in [3.05, 3.63) is 64.7 Å². The van der Waals surface area contributed by atoms with Gasteiger partial charge in [-0.25, -0.2) is 8.78 Å². The predicted octanol–water partition coefficient (Wildman–Crippen LogP) is 3.12. The van der Waals surface area contributed by atoms with E-state index >= 15 is 4.39 Å². The number of nitrogens with one attached hydrogen (secondary N) is 2. The number of amidine groups is 1. The van der Waals surface area contributed by atoms with E-state index in [1.165, 1.54) is 0 Å². The van der Waals surface area contributed by atoms with E-state index in [1.807, 2.05) is 0 Å². The van der Waals surface area contributed by atoms with Gasteiger partial charge in [0.25, 0.3) is 5.91 Å². The van der Waals surface area contributed by atoms with Crippen LogP contribution in [0, 0.1) is 17.0 Å². The van der Waals surface area contributed by atoms with Gasteiger partial charge in [-0.1, -0.05) is 24.3 Å². The number of carbonyl (C=O) groups is 1. The molecule has 0 spiro atoms. The number of nitrogens with two attached hydrogens (primary N) is 1. The minimum atomic E-state index is -1.52. The van der Waals surface area contributed by atoms with Crippen molar-refractivity contribution in [2.24, 2.45) is 5.73 Å². The van der Waals surface area contributed by atoms with E-state index in [9.17, 15) is 9.18 Å². The molecule has 0 saturated carbocycles. The number of benzene rings is 2. The third-order valence-corrected chi connectivity index (χ3v) is 4.95. The molecule has 0 aromatic heterocycles. The van der Waals surface area contributed by atoms with E-state index in [0.717, 1.165) is 12.1 Å². The highest BCUT2D eigenvalue weighted by Crippen LogP contribution is 2.30. The third kappa shape index (κ3) is 10.6. The number of nitrogen functional groups attached to an aromatic ring is 1. The molecule has 2 aromatic carbocycles. The Hall–Kier alpha value is -2.83. The van der Waals surface area contributed by atoms with Crippen LogP contribution in [-0.4, -0.2) is 65.1 Å². The summed E-state index contributed by atoms with van der Waals surface area (Å²) in [5.74, 6) is -2.95. The molecule has 0 bridgehead atoms. The van der Waals surface area contributed by atoms with Crippen molar-refractivity contribution in [2.45, 2.75) is 19.6 Å². The molecule has 1 amide bonds. The largest absolute Gasteiger partial charge is 0.488 e. The molecule has 0 saturated heterocycles. The first-order valence-corrected chi connectivity index (χ1v) is 11.5. The average molecular weight is 546 g/mol. The van der Waals surface area contributed by atoms with Crippen molar-refractivity contribution in [1.82, 2.24) is 5.32 Å². The molecule has 0 fully saturated rings. The van der Waals surface area contributed by atoms with Gasteiger partial charge >= 0.3 is 0 Å². The molecule has 0 radical (unpaired) electrons. The lowest BCUT2D eigenvalue weighted by Gasteiger charge is -2.20. The van der Waals surface area contributed by atoms with Gasteiger partial charge in [0.1, 0.15) is 18.3 Å². The molecular formula is C25H34ClF2N3O6. The smallest absolute Gasteiger partial charge is 0.254 e. The van der Waals surface area contributed by atoms with E-state index in [2.05, 4.69) is 5.32 Å². The number of ether oxygens (including phenoxy) is 5. The summed E-state index contributed by atoms with van der Waals surface area (Å²) in [4.78, 5) is 12.8. The van der Waals surface area contributed by atoms with Crippen LogP contribution in [0.3, 0.4) is 0 Å². The lowest BCUT2D eigenvalue weighted by Crippen LogP contribution is -2.32. The third-order valence-electron chi connectivity index (χ3n) is 4.95. The second-order valence-electron chi connectivity index (χ2n) is 7.50. The van der Waals surface area contributed by atoms with Gasteiger partial charge < -0.3 is 34.7 Å². The Kier molecular flexibility index (Phi) is 15.3. The molecular weight excluding hydrogens is 512 g/mol. The van der Waals surface area contributed by atoms with Crippen LogP contribution >= 0.6 is 12.4 Å². The van der Waals surface area contributed by atoms with Gasteiger partial charge in [-0.05, 0) is 24.6 Å². The zero-order chi connectivity index (χ0) is 26.3. The maximum atomic E-state index is 15.2. The normalized spacial score (nSPS) is 11.5. The van der Waals surface area contributed by atoms with Crippen molar-refractivity contribution in [3.63, 3.8) is 0 Å². The van der Waals surface area contributed by atoms with Gasteiger partial charge in [0.2, 0.25) is 0 Å². The topological polar surface area (TPSA) is 125 Å². The van der Waals surface area contributed by atoms with Crippen molar-refractivity contribution < 1.29 is 37.3 Å². The number of halogens is 3. The summed E-state index contributed by atoms with van der Waals surface area (Å²) in [5.41, 5.74) is 6.15. The maximum Gasteiger partial charge on any atom is 0.254 e. The molecule has 2 rings (SSSR count). The van der Waals surface area contributed by atoms with Crippen molar-refractivity contribution in [3.8, 4) is 5.75 Å². The molecule has 206 valence electrons. The quantitative estimate of drug-likeness (QED) is 0.158. The molecule has 37 heavy (non-hydrogen) atoms. The van der Waals surface area contributed by atoms with E-state index in [-0.39, 0.29) is 50.4 Å². The number of amides is 1. The lowest BCUT2D eigenvalue weighted by molar-refractivity contribution is -0.133. The summed E-state index contributed by atoms with van der Waals surface area (Å²) in [6.45, 7) is 3.60. The fourth-order valence-electron chi connectivity index (χ4n) is 3.12. The summed E-state index contributed by atoms with van der Waals surface area (Å²) in [6.07, 6.45) is -1.52. The van der Waals surface area contributed by atoms with Crippen LogP contribution in [0.15, 0.2) is 36.4 Å². The molecule has 0 heterocycles. The van der Waals surface area contributed by atoms with Crippen LogP contribution in [0.1, 0.15) is 29.7 Å². The first kappa shape index (κ1) is 32.2. The number of carbonyl (C=O) groups excluding carboxylic acids is 1. The molecule has 0 aliphatic rings. The molecule has 1 unspecified atom stereocenters. The molecule has 1 atom stereocenters. The Morgan fingerprint density at radius 2 is 1.62 bits per heavy atom. The Morgan fingerprint density at radius 1 is 1.00 bits per heavy atom. The summed E-state index contributed by atoms with van der Waals surface area (Å²) in [6, 6.07) is 8.84. The van der Waals surface area contributed by atoms with Gasteiger partial charge in [0, 0.05) is 25.8 Å². The van der Waals surface area contributed by atoms with Crippen molar-refractivity contribution in [1.29, 1.82) is 5.41 Å². The number of hydrogen-bond donors (Lipinski definition) is 3. The number of hydrogen-bond acceptors (Lipinski definition) is 7. The zero-order valence-electron chi connectivity index (χ0n) is 20.9. The summed E-state index contributed by atoms with van der Waals surface area (Å²) >= 11 is 0. The lowest BCUT2D eigenvalue weighted by atomic mass is 10.1. The molecule has 2 aromatic rings. The summed E-state index contributed by atoms with van der Waals surface area (Å²) in [5, 5.41) is 10.1. The monoisotopic (exact) mass is 545 g/mol. The predicted molar refractivity (Wildman–Crippen MR) is 136 cm³/mol. The fraction of sp³-hybridized carbons (Fsp3) is 0.440. The molecule has 0 aliphatic heterocycles. The average Bonchev–Trinajstić information content (AvgIpc) is 2.87. The Balaban J connectivity index is 0.00000684. The molecule has 0 aliphatic carbocycles. The first-order chi connectivity index (χ1) is 17.4. The van der Waals surface area contributed by atoms with Crippen LogP contribution in [0.4, 0.5) is 8.78 Å². The Morgan fingerprint density at radius 3 is 2.22 bits per heavy atom. The van der Waals surface area contributed by atoms with Gasteiger partial charge in [0.05, 0.1) is 38.6 Å². The second-order valence-corrected chi connectivity index (χ2v) is 7.50. The minimum absolute atomic E-state index is 0. The van der Waals surface area contributed by atoms with E-state index < -0.39 is 29.2 Å². The van der Waals surface area contributed by atoms with E-state index in [0.29, 0.717) is 37.6 Å². The second kappa shape index (κ2) is 17.6. The van der Waals surface area contributed by atoms with Crippen molar-refractivity contribution in [2.75, 3.05) is 53.4 Å². The Labute approximate surface area is 221 Å². The number of methoxy groups -OCH3 is 1. The van der Waals surface area contributed by atoms with Gasteiger partial charge in [-0.3, -0.25) is 10.2 Å². The van der Waals surface area contributed by atoms with Crippen LogP contribution < -0.4 is 15.8 Å². The fourth-order valence-corrected chi connectivity index (χ4v) is 3.12. The van der Waals surface area contributed by atoms with Crippen LogP contribution in [0.25, 0.3) is 0 Å². The highest BCUT2D eigenvalue weighted by molar-refractivity contribution is 5.94. The van der Waals surface area contributed by atoms with Crippen LogP contribution in [0.5, 0.6) is 5.75 Å². The van der Waals surface area contributed by atoms with Crippen molar-refractivity contribution >= 4 is 24.1 Å². The number of rotatable bonds is 17. The molecule has 9 nitrogen and oxygen atoms in total. The van der Waals surface area contributed by atoms with Crippen LogP contribution in [-0.2, 0) is 30.3 Å². The highest BCUT2D eigenvalue weighted by Gasteiger charge is 2.29. The van der Waals surface area contributed by atoms with Gasteiger partial charge in [-0.2, -0.15) is 0 Å². The Bertz CT molecular complexity index is 982. The molecule has 4 N–H and O–H groups in total. The molecule has 12 heteroatoms. The highest BCUT2D eigenvalue weighted by atomic mass is 35.5. The maximum absolute atomic E-state index is 15.2.